The Labute approximate surface area is 133 Å². The van der Waals surface area contributed by atoms with Crippen molar-refractivity contribution in [1.29, 1.82) is 0 Å². The Morgan fingerprint density at radius 3 is 2.26 bits per heavy atom. The van der Waals surface area contributed by atoms with Gasteiger partial charge in [-0.3, -0.25) is 4.79 Å². The van der Waals surface area contributed by atoms with Crippen LogP contribution in [0, 0.1) is 12.7 Å². The molecule has 1 aromatic rings. The molecule has 1 atom stereocenters. The molecule has 0 radical (unpaired) electrons. The zero-order valence-corrected chi connectivity index (χ0v) is 13.4. The first-order valence-corrected chi connectivity index (χ1v) is 6.88. The number of hydrogen-bond acceptors (Lipinski definition) is 6. The number of hydrogen-bond donors (Lipinski definition) is 2. The van der Waals surface area contributed by atoms with Crippen LogP contribution >= 0.6 is 0 Å². The summed E-state index contributed by atoms with van der Waals surface area (Å²) < 4.78 is 29.7. The zero-order valence-electron chi connectivity index (χ0n) is 13.4. The molecule has 0 fully saturated rings. The summed E-state index contributed by atoms with van der Waals surface area (Å²) in [5, 5.41) is 8.94. The largest absolute Gasteiger partial charge is 0.492 e. The van der Waals surface area contributed by atoms with Crippen molar-refractivity contribution in [3.63, 3.8) is 0 Å². The van der Waals surface area contributed by atoms with Crippen molar-refractivity contribution in [2.45, 2.75) is 26.3 Å². The first kappa shape index (κ1) is 18.7. The van der Waals surface area contributed by atoms with Crippen LogP contribution in [0.3, 0.4) is 0 Å². The fourth-order valence-corrected chi connectivity index (χ4v) is 2.26. The van der Waals surface area contributed by atoms with E-state index >= 15 is 0 Å². The molecule has 0 saturated carbocycles. The Hall–Kier alpha value is -2.35. The van der Waals surface area contributed by atoms with Gasteiger partial charge < -0.3 is 25.1 Å². The average Bonchev–Trinajstić information content (AvgIpc) is 2.50. The lowest BCUT2D eigenvalue weighted by atomic mass is 9.94. The van der Waals surface area contributed by atoms with Gasteiger partial charge in [-0.25, -0.2) is 9.18 Å². The van der Waals surface area contributed by atoms with Crippen LogP contribution < -0.4 is 15.2 Å². The predicted molar refractivity (Wildman–Crippen MR) is 79.5 cm³/mol. The van der Waals surface area contributed by atoms with E-state index < -0.39 is 30.2 Å². The molecule has 0 aliphatic carbocycles. The zero-order chi connectivity index (χ0) is 17.7. The molecule has 0 heterocycles. The van der Waals surface area contributed by atoms with Gasteiger partial charge in [-0.1, -0.05) is 0 Å². The maximum Gasteiger partial charge on any atom is 0.338 e. The summed E-state index contributed by atoms with van der Waals surface area (Å²) in [5.41, 5.74) is 5.50. The SMILES string of the molecule is CCOC(=O)c1c(C)c(OC)c(OC)c(F)c1CC(N)C(=O)O. The van der Waals surface area contributed by atoms with Gasteiger partial charge in [0.1, 0.15) is 6.04 Å². The number of carboxylic acids is 1. The van der Waals surface area contributed by atoms with Crippen molar-refractivity contribution in [1.82, 2.24) is 0 Å². The second-order valence-electron chi connectivity index (χ2n) is 4.73. The number of carboxylic acid groups (broad SMARTS) is 1. The van der Waals surface area contributed by atoms with E-state index in [1.165, 1.54) is 21.1 Å². The third kappa shape index (κ3) is 3.70. The van der Waals surface area contributed by atoms with Crippen LogP contribution in [0.25, 0.3) is 0 Å². The van der Waals surface area contributed by atoms with Gasteiger partial charge in [0.25, 0.3) is 0 Å². The maximum absolute atomic E-state index is 14.7. The van der Waals surface area contributed by atoms with Gasteiger partial charge in [0.05, 0.1) is 26.4 Å². The van der Waals surface area contributed by atoms with Gasteiger partial charge in [-0.2, -0.15) is 0 Å². The Kier molecular flexibility index (Phi) is 6.32. The van der Waals surface area contributed by atoms with Crippen LogP contribution in [0.5, 0.6) is 11.5 Å². The molecule has 0 aliphatic rings. The molecular weight excluding hydrogens is 309 g/mol. The fourth-order valence-electron chi connectivity index (χ4n) is 2.26. The topological polar surface area (TPSA) is 108 Å². The van der Waals surface area contributed by atoms with Crippen molar-refractivity contribution < 1.29 is 33.3 Å². The highest BCUT2D eigenvalue weighted by atomic mass is 19.1. The molecule has 0 amide bonds. The van der Waals surface area contributed by atoms with Crippen molar-refractivity contribution in [2.75, 3.05) is 20.8 Å². The predicted octanol–water partition coefficient (Wildman–Crippen LogP) is 1.28. The molecule has 0 spiro atoms. The van der Waals surface area contributed by atoms with Gasteiger partial charge >= 0.3 is 11.9 Å². The van der Waals surface area contributed by atoms with E-state index in [1.54, 1.807) is 6.92 Å². The molecule has 0 aliphatic heterocycles. The van der Waals surface area contributed by atoms with Gasteiger partial charge in [-0.15, -0.1) is 0 Å². The average molecular weight is 329 g/mol. The highest BCUT2D eigenvalue weighted by Crippen LogP contribution is 2.39. The smallest absolute Gasteiger partial charge is 0.338 e. The number of halogens is 1. The number of nitrogens with two attached hydrogens (primary N) is 1. The Balaban J connectivity index is 3.64. The molecule has 8 heteroatoms. The molecule has 128 valence electrons. The lowest BCUT2D eigenvalue weighted by Crippen LogP contribution is -2.33. The van der Waals surface area contributed by atoms with E-state index in [4.69, 9.17) is 25.1 Å². The summed E-state index contributed by atoms with van der Waals surface area (Å²) in [4.78, 5) is 23.1. The summed E-state index contributed by atoms with van der Waals surface area (Å²) in [6.45, 7) is 3.22. The van der Waals surface area contributed by atoms with Crippen LogP contribution in [0.15, 0.2) is 0 Å². The lowest BCUT2D eigenvalue weighted by Gasteiger charge is -2.20. The standard InChI is InChI=1S/C15H20FNO6/c1-5-23-15(20)10-7(2)12(21-3)13(22-4)11(16)8(10)6-9(17)14(18)19/h9H,5-6,17H2,1-4H3,(H,18,19). The Bertz CT molecular complexity index is 617. The van der Waals surface area contributed by atoms with Crippen molar-refractivity contribution in [3.8, 4) is 11.5 Å². The van der Waals surface area contributed by atoms with Crippen LogP contribution in [0.4, 0.5) is 4.39 Å². The summed E-state index contributed by atoms with van der Waals surface area (Å²) in [7, 11) is 2.55. The highest BCUT2D eigenvalue weighted by molar-refractivity contribution is 5.94. The number of carbonyl (C=O) groups excluding carboxylic acids is 1. The number of methoxy groups -OCH3 is 2. The van der Waals surface area contributed by atoms with E-state index in [0.29, 0.717) is 0 Å². The monoisotopic (exact) mass is 329 g/mol. The van der Waals surface area contributed by atoms with E-state index in [1.807, 2.05) is 0 Å². The minimum absolute atomic E-state index is 0.0423. The quantitative estimate of drug-likeness (QED) is 0.725. The van der Waals surface area contributed by atoms with Gasteiger partial charge in [-0.05, 0) is 13.8 Å². The molecule has 0 bridgehead atoms. The molecule has 3 N–H and O–H groups in total. The minimum Gasteiger partial charge on any atom is -0.492 e. The number of benzene rings is 1. The Morgan fingerprint density at radius 1 is 1.26 bits per heavy atom. The molecular formula is C15H20FNO6. The normalized spacial score (nSPS) is 11.7. The number of aliphatic carboxylic acids is 1. The summed E-state index contributed by atoms with van der Waals surface area (Å²) >= 11 is 0. The van der Waals surface area contributed by atoms with E-state index in [-0.39, 0.29) is 34.8 Å². The second-order valence-corrected chi connectivity index (χ2v) is 4.73. The summed E-state index contributed by atoms with van der Waals surface area (Å²) in [6, 6.07) is -1.38. The number of carbonyl (C=O) groups is 2. The van der Waals surface area contributed by atoms with Crippen molar-refractivity contribution in [3.05, 3.63) is 22.5 Å². The summed E-state index contributed by atoms with van der Waals surface area (Å²) in [6.07, 6.45) is -0.392. The third-order valence-electron chi connectivity index (χ3n) is 3.32. The molecule has 0 aromatic heterocycles. The number of rotatable bonds is 7. The van der Waals surface area contributed by atoms with Gasteiger partial charge in [0.15, 0.2) is 17.3 Å². The van der Waals surface area contributed by atoms with Gasteiger partial charge in [0.2, 0.25) is 0 Å². The highest BCUT2D eigenvalue weighted by Gasteiger charge is 2.30. The minimum atomic E-state index is -1.38. The first-order valence-electron chi connectivity index (χ1n) is 6.88. The first-order chi connectivity index (χ1) is 10.8. The van der Waals surface area contributed by atoms with Crippen LogP contribution in [-0.2, 0) is 16.0 Å². The molecule has 1 unspecified atom stereocenters. The Morgan fingerprint density at radius 2 is 1.83 bits per heavy atom. The van der Waals surface area contributed by atoms with E-state index in [0.717, 1.165) is 0 Å². The van der Waals surface area contributed by atoms with Crippen LogP contribution in [0.2, 0.25) is 0 Å². The molecule has 1 aromatic carbocycles. The fraction of sp³-hybridized carbons (Fsp3) is 0.467. The van der Waals surface area contributed by atoms with E-state index in [2.05, 4.69) is 0 Å². The van der Waals surface area contributed by atoms with Crippen LogP contribution in [-0.4, -0.2) is 43.9 Å². The number of ether oxygens (including phenoxy) is 3. The number of esters is 1. The van der Waals surface area contributed by atoms with Crippen LogP contribution in [0.1, 0.15) is 28.4 Å². The summed E-state index contributed by atoms with van der Waals surface area (Å²) in [5.74, 6) is -3.16. The molecule has 23 heavy (non-hydrogen) atoms. The third-order valence-corrected chi connectivity index (χ3v) is 3.32. The lowest BCUT2D eigenvalue weighted by molar-refractivity contribution is -0.138. The maximum atomic E-state index is 14.7. The van der Waals surface area contributed by atoms with Gasteiger partial charge in [0, 0.05) is 17.5 Å². The van der Waals surface area contributed by atoms with Crippen molar-refractivity contribution >= 4 is 11.9 Å². The van der Waals surface area contributed by atoms with E-state index in [9.17, 15) is 14.0 Å². The van der Waals surface area contributed by atoms with Crippen molar-refractivity contribution in [2.24, 2.45) is 5.73 Å². The molecule has 0 saturated heterocycles. The second kappa shape index (κ2) is 7.77. The molecule has 1 rings (SSSR count). The molecule has 7 nitrogen and oxygen atoms in total.